The van der Waals surface area contributed by atoms with Crippen LogP contribution >= 0.6 is 11.6 Å². The lowest BCUT2D eigenvalue weighted by molar-refractivity contribution is -0.124. The average molecular weight is 308 g/mol. The van der Waals surface area contributed by atoms with Crippen LogP contribution in [-0.2, 0) is 4.79 Å². The second-order valence-corrected chi connectivity index (χ2v) is 6.87. The van der Waals surface area contributed by atoms with Crippen LogP contribution in [0.4, 0.5) is 0 Å². The lowest BCUT2D eigenvalue weighted by Crippen LogP contribution is -2.42. The van der Waals surface area contributed by atoms with Crippen molar-refractivity contribution in [2.45, 2.75) is 38.6 Å². The predicted molar refractivity (Wildman–Crippen MR) is 83.5 cm³/mol. The zero-order valence-electron chi connectivity index (χ0n) is 12.3. The second kappa shape index (κ2) is 6.27. The van der Waals surface area contributed by atoms with Crippen molar-refractivity contribution in [1.82, 2.24) is 5.32 Å². The SMILES string of the molecule is C[C@@H](NC(=O)COc1ccc(Cl)cc1)[C@@H]1C[C@H]2CC[C@H]1C2. The molecule has 1 aromatic carbocycles. The van der Waals surface area contributed by atoms with Crippen LogP contribution in [0.5, 0.6) is 5.75 Å². The molecule has 0 aromatic heterocycles. The van der Waals surface area contributed by atoms with Gasteiger partial charge >= 0.3 is 0 Å². The largest absolute Gasteiger partial charge is 0.484 e. The fourth-order valence-electron chi connectivity index (χ4n) is 3.99. The fourth-order valence-corrected chi connectivity index (χ4v) is 4.11. The smallest absolute Gasteiger partial charge is 0.258 e. The van der Waals surface area contributed by atoms with Crippen LogP contribution in [0.2, 0.25) is 5.02 Å². The first-order valence-corrected chi connectivity index (χ1v) is 8.17. The highest BCUT2D eigenvalue weighted by molar-refractivity contribution is 6.30. The molecule has 2 fully saturated rings. The predicted octanol–water partition coefficient (Wildman–Crippen LogP) is 3.66. The molecule has 2 aliphatic rings. The van der Waals surface area contributed by atoms with E-state index in [9.17, 15) is 4.79 Å². The Morgan fingerprint density at radius 2 is 2.10 bits per heavy atom. The summed E-state index contributed by atoms with van der Waals surface area (Å²) in [5.74, 6) is 3.01. The first-order chi connectivity index (χ1) is 10.1. The Hall–Kier alpha value is -1.22. The molecule has 114 valence electrons. The summed E-state index contributed by atoms with van der Waals surface area (Å²) in [5.41, 5.74) is 0. The van der Waals surface area contributed by atoms with Crippen LogP contribution in [0, 0.1) is 17.8 Å². The molecule has 0 saturated heterocycles. The van der Waals surface area contributed by atoms with Crippen molar-refractivity contribution >= 4 is 17.5 Å². The molecule has 2 saturated carbocycles. The van der Waals surface area contributed by atoms with Crippen LogP contribution in [0.25, 0.3) is 0 Å². The third kappa shape index (κ3) is 3.52. The number of hydrogen-bond donors (Lipinski definition) is 1. The Bertz CT molecular complexity index is 502. The Morgan fingerprint density at radius 3 is 2.71 bits per heavy atom. The van der Waals surface area contributed by atoms with Gasteiger partial charge in [0.15, 0.2) is 6.61 Å². The average Bonchev–Trinajstić information content (AvgIpc) is 3.09. The van der Waals surface area contributed by atoms with E-state index in [4.69, 9.17) is 16.3 Å². The van der Waals surface area contributed by atoms with Crippen molar-refractivity contribution in [2.75, 3.05) is 6.61 Å². The van der Waals surface area contributed by atoms with Gasteiger partial charge in [-0.3, -0.25) is 4.79 Å². The number of ether oxygens (including phenoxy) is 1. The molecule has 2 aliphatic carbocycles. The van der Waals surface area contributed by atoms with E-state index in [2.05, 4.69) is 12.2 Å². The first-order valence-electron chi connectivity index (χ1n) is 7.79. The molecule has 21 heavy (non-hydrogen) atoms. The monoisotopic (exact) mass is 307 g/mol. The number of hydrogen-bond acceptors (Lipinski definition) is 2. The van der Waals surface area contributed by atoms with Crippen LogP contribution in [-0.4, -0.2) is 18.6 Å². The molecule has 1 amide bonds. The summed E-state index contributed by atoms with van der Waals surface area (Å²) in [6, 6.07) is 7.31. The van der Waals surface area contributed by atoms with E-state index in [1.807, 2.05) is 0 Å². The van der Waals surface area contributed by atoms with Gasteiger partial charge in [-0.1, -0.05) is 18.0 Å². The van der Waals surface area contributed by atoms with Gasteiger partial charge in [0.2, 0.25) is 0 Å². The van der Waals surface area contributed by atoms with Gasteiger partial charge in [0.1, 0.15) is 5.75 Å². The lowest BCUT2D eigenvalue weighted by atomic mass is 9.84. The highest BCUT2D eigenvalue weighted by atomic mass is 35.5. The van der Waals surface area contributed by atoms with Gasteiger partial charge in [-0.15, -0.1) is 0 Å². The molecule has 1 N–H and O–H groups in total. The summed E-state index contributed by atoms with van der Waals surface area (Å²) in [4.78, 5) is 12.0. The van der Waals surface area contributed by atoms with E-state index in [1.54, 1.807) is 24.3 Å². The van der Waals surface area contributed by atoms with Gasteiger partial charge in [0.25, 0.3) is 5.91 Å². The van der Waals surface area contributed by atoms with Gasteiger partial charge in [-0.05, 0) is 68.2 Å². The lowest BCUT2D eigenvalue weighted by Gasteiger charge is -2.28. The van der Waals surface area contributed by atoms with Crippen molar-refractivity contribution in [3.8, 4) is 5.75 Å². The molecule has 1 aromatic rings. The van der Waals surface area contributed by atoms with Crippen molar-refractivity contribution in [3.63, 3.8) is 0 Å². The Balaban J connectivity index is 1.44. The number of rotatable bonds is 5. The summed E-state index contributed by atoms with van der Waals surface area (Å²) in [6.45, 7) is 2.19. The molecular formula is C17H22ClNO2. The number of nitrogens with one attached hydrogen (secondary N) is 1. The minimum atomic E-state index is -0.0415. The summed E-state index contributed by atoms with van der Waals surface area (Å²) < 4.78 is 5.48. The molecule has 2 bridgehead atoms. The van der Waals surface area contributed by atoms with Gasteiger partial charge < -0.3 is 10.1 Å². The number of carbonyl (C=O) groups is 1. The zero-order chi connectivity index (χ0) is 14.8. The van der Waals surface area contributed by atoms with Crippen LogP contribution in [0.3, 0.4) is 0 Å². The molecule has 4 atom stereocenters. The molecule has 0 heterocycles. The van der Waals surface area contributed by atoms with E-state index in [-0.39, 0.29) is 18.6 Å². The Kier molecular flexibility index (Phi) is 4.39. The summed E-state index contributed by atoms with van der Waals surface area (Å²) >= 11 is 5.81. The van der Waals surface area contributed by atoms with Crippen LogP contribution in [0.15, 0.2) is 24.3 Å². The van der Waals surface area contributed by atoms with Crippen molar-refractivity contribution in [3.05, 3.63) is 29.3 Å². The van der Waals surface area contributed by atoms with Gasteiger partial charge in [-0.2, -0.15) is 0 Å². The molecule has 3 nitrogen and oxygen atoms in total. The second-order valence-electron chi connectivity index (χ2n) is 6.44. The summed E-state index contributed by atoms with van der Waals surface area (Å²) in [7, 11) is 0. The molecule has 4 heteroatoms. The maximum atomic E-state index is 12.0. The summed E-state index contributed by atoms with van der Waals surface area (Å²) in [5, 5.41) is 3.76. The van der Waals surface area contributed by atoms with Crippen LogP contribution in [0.1, 0.15) is 32.6 Å². The van der Waals surface area contributed by atoms with E-state index < -0.39 is 0 Å². The van der Waals surface area contributed by atoms with Crippen molar-refractivity contribution < 1.29 is 9.53 Å². The fraction of sp³-hybridized carbons (Fsp3) is 0.588. The zero-order valence-corrected chi connectivity index (χ0v) is 13.1. The number of benzene rings is 1. The normalized spacial score (nSPS) is 28.4. The Morgan fingerprint density at radius 1 is 1.33 bits per heavy atom. The molecular weight excluding hydrogens is 286 g/mol. The Labute approximate surface area is 131 Å². The maximum absolute atomic E-state index is 12.0. The third-order valence-electron chi connectivity index (χ3n) is 5.01. The minimum absolute atomic E-state index is 0.0415. The quantitative estimate of drug-likeness (QED) is 0.901. The van der Waals surface area contributed by atoms with E-state index in [1.165, 1.54) is 25.7 Å². The number of halogens is 1. The van der Waals surface area contributed by atoms with Gasteiger partial charge in [0.05, 0.1) is 0 Å². The molecule has 0 radical (unpaired) electrons. The highest BCUT2D eigenvalue weighted by Crippen LogP contribution is 2.49. The maximum Gasteiger partial charge on any atom is 0.258 e. The van der Waals surface area contributed by atoms with E-state index in [0.717, 1.165) is 11.8 Å². The minimum Gasteiger partial charge on any atom is -0.484 e. The molecule has 3 rings (SSSR count). The highest BCUT2D eigenvalue weighted by Gasteiger charge is 2.42. The molecule has 0 aliphatic heterocycles. The third-order valence-corrected chi connectivity index (χ3v) is 5.26. The molecule has 0 spiro atoms. The van der Waals surface area contributed by atoms with Crippen molar-refractivity contribution in [2.24, 2.45) is 17.8 Å². The topological polar surface area (TPSA) is 38.3 Å². The van der Waals surface area contributed by atoms with E-state index >= 15 is 0 Å². The van der Waals surface area contributed by atoms with Gasteiger partial charge in [-0.25, -0.2) is 0 Å². The van der Waals surface area contributed by atoms with E-state index in [0.29, 0.717) is 16.7 Å². The molecule has 0 unspecified atom stereocenters. The van der Waals surface area contributed by atoms with Crippen LogP contribution < -0.4 is 10.1 Å². The first kappa shape index (κ1) is 14.7. The number of fused-ring (bicyclic) bond motifs is 2. The van der Waals surface area contributed by atoms with Crippen molar-refractivity contribution in [1.29, 1.82) is 0 Å². The number of carbonyl (C=O) groups excluding carboxylic acids is 1. The standard InChI is InChI=1S/C17H22ClNO2/c1-11(16-9-12-2-3-13(16)8-12)19-17(20)10-21-15-6-4-14(18)5-7-15/h4-7,11-13,16H,2-3,8-10H2,1H3,(H,19,20)/t11-,12+,13+,16+/m1/s1. The van der Waals surface area contributed by atoms with Gasteiger partial charge in [0, 0.05) is 11.1 Å². The number of amides is 1. The summed E-state index contributed by atoms with van der Waals surface area (Å²) in [6.07, 6.45) is 5.38.